The highest BCUT2D eigenvalue weighted by Crippen LogP contribution is 2.66. The van der Waals surface area contributed by atoms with Gasteiger partial charge in [0.25, 0.3) is 0 Å². The summed E-state index contributed by atoms with van der Waals surface area (Å²) in [6, 6.07) is -0.292. The van der Waals surface area contributed by atoms with E-state index in [4.69, 9.17) is 9.57 Å². The monoisotopic (exact) mass is 557 g/mol. The lowest BCUT2D eigenvalue weighted by atomic mass is 9.46. The molecular formula is C32H51N3O5. The molecule has 4 fully saturated rings. The first-order chi connectivity index (χ1) is 18.9. The summed E-state index contributed by atoms with van der Waals surface area (Å²) in [5.74, 6) is 2.21. The van der Waals surface area contributed by atoms with Gasteiger partial charge in [-0.25, -0.2) is 4.79 Å². The topological polar surface area (TPSA) is 100 Å². The molecule has 1 saturated heterocycles. The first kappa shape index (κ1) is 29.6. The minimum absolute atomic E-state index is 0.0252. The van der Waals surface area contributed by atoms with Gasteiger partial charge in [-0.3, -0.25) is 14.9 Å². The molecule has 5 rings (SSSR count). The fourth-order valence-corrected chi connectivity index (χ4v) is 9.51. The number of likely N-dealkylation sites (N-methyl/N-ethyl adjacent to an activating group) is 1. The zero-order valence-corrected chi connectivity index (χ0v) is 25.4. The van der Waals surface area contributed by atoms with Crippen LogP contribution in [0.4, 0.5) is 4.79 Å². The third-order valence-corrected chi connectivity index (χ3v) is 11.5. The second kappa shape index (κ2) is 11.4. The molecule has 8 heteroatoms. The summed E-state index contributed by atoms with van der Waals surface area (Å²) in [5, 5.41) is 17.9. The summed E-state index contributed by atoms with van der Waals surface area (Å²) < 4.78 is 5.32. The second-order valence-electron chi connectivity index (χ2n) is 14.3. The molecule has 1 aliphatic heterocycles. The first-order valence-corrected chi connectivity index (χ1v) is 15.7. The van der Waals surface area contributed by atoms with Crippen molar-refractivity contribution in [3.05, 3.63) is 11.6 Å². The molecule has 3 saturated carbocycles. The Kier molecular flexibility index (Phi) is 8.42. The summed E-state index contributed by atoms with van der Waals surface area (Å²) in [4.78, 5) is 32.0. The van der Waals surface area contributed by atoms with Crippen LogP contribution >= 0.6 is 0 Å². The molecule has 0 spiro atoms. The summed E-state index contributed by atoms with van der Waals surface area (Å²) in [7, 11) is 1.72. The van der Waals surface area contributed by atoms with Crippen molar-refractivity contribution in [3.63, 3.8) is 0 Å². The Morgan fingerprint density at radius 1 is 1.10 bits per heavy atom. The van der Waals surface area contributed by atoms with Crippen molar-refractivity contribution < 1.29 is 24.3 Å². The minimum Gasteiger partial charge on any atom is -0.462 e. The number of ether oxygens (including phenoxy) is 1. The molecule has 1 heterocycles. The van der Waals surface area contributed by atoms with E-state index in [1.165, 1.54) is 31.3 Å². The van der Waals surface area contributed by atoms with Gasteiger partial charge in [0, 0.05) is 25.6 Å². The molecule has 9 atom stereocenters. The van der Waals surface area contributed by atoms with Crippen molar-refractivity contribution in [2.75, 3.05) is 13.6 Å². The van der Waals surface area contributed by atoms with E-state index >= 15 is 0 Å². The molecular weight excluding hydrogens is 506 g/mol. The Hall–Kier alpha value is -1.93. The van der Waals surface area contributed by atoms with Gasteiger partial charge in [0.15, 0.2) is 0 Å². The van der Waals surface area contributed by atoms with Crippen LogP contribution in [-0.4, -0.2) is 65.7 Å². The van der Waals surface area contributed by atoms with Crippen LogP contribution < -0.4 is 5.32 Å². The van der Waals surface area contributed by atoms with Gasteiger partial charge in [-0.2, -0.15) is 0 Å². The number of nitrogens with one attached hydrogen (secondary N) is 1. The lowest BCUT2D eigenvalue weighted by Gasteiger charge is -2.58. The molecule has 1 amide bonds. The quantitative estimate of drug-likeness (QED) is 0.148. The van der Waals surface area contributed by atoms with Gasteiger partial charge < -0.3 is 14.7 Å². The first-order valence-electron chi connectivity index (χ1n) is 15.7. The molecule has 0 radical (unpaired) electrons. The molecule has 224 valence electrons. The Bertz CT molecular complexity index is 1040. The van der Waals surface area contributed by atoms with Gasteiger partial charge in [0.05, 0.1) is 17.9 Å². The number of esters is 1. The standard InChI is InChI=1S/C32H51N3O5/c1-19(2)39-29(37)28-12-8-22(33-28)18-35(6)30(38)40-34-20(3)25-10-11-26-24-9-7-21-17-23(36)13-15-31(21,4)27(24)14-16-32(25,26)5/h17,19,22-28,33,36H,7-16,18H2,1-6H3/b34-20+/t22?,23-,24+,25-,26+,27+,28?,31+,32-/m1/s1. The van der Waals surface area contributed by atoms with E-state index in [2.05, 4.69) is 30.4 Å². The molecule has 5 aliphatic rings. The SMILES string of the molecule is C/C(=N\OC(=O)N(C)CC1CCC(C(=O)OC(C)C)N1)[C@H]1CC[C@H]2[C@@H]3CCC4=C[C@H](O)CC[C@]4(C)[C@H]3CC[C@]12C. The lowest BCUT2D eigenvalue weighted by Crippen LogP contribution is -2.51. The predicted molar refractivity (Wildman–Crippen MR) is 155 cm³/mol. The van der Waals surface area contributed by atoms with Crippen molar-refractivity contribution in [1.82, 2.24) is 10.2 Å². The number of carbonyl (C=O) groups excluding carboxylic acids is 2. The molecule has 8 nitrogen and oxygen atoms in total. The van der Waals surface area contributed by atoms with E-state index in [1.54, 1.807) is 11.9 Å². The zero-order chi connectivity index (χ0) is 28.8. The van der Waals surface area contributed by atoms with Crippen LogP contribution in [0.1, 0.15) is 98.8 Å². The lowest BCUT2D eigenvalue weighted by molar-refractivity contribution is -0.149. The average molecular weight is 558 g/mol. The number of allylic oxidation sites excluding steroid dienone is 1. The molecule has 2 unspecified atom stereocenters. The van der Waals surface area contributed by atoms with E-state index in [0.29, 0.717) is 30.7 Å². The Morgan fingerprint density at radius 3 is 2.62 bits per heavy atom. The minimum atomic E-state index is -0.461. The molecule has 0 bridgehead atoms. The Morgan fingerprint density at radius 2 is 1.88 bits per heavy atom. The zero-order valence-electron chi connectivity index (χ0n) is 25.4. The number of fused-ring (bicyclic) bond motifs is 5. The summed E-state index contributed by atoms with van der Waals surface area (Å²) >= 11 is 0. The second-order valence-corrected chi connectivity index (χ2v) is 14.3. The molecule has 0 aromatic rings. The van der Waals surface area contributed by atoms with Crippen LogP contribution in [0.15, 0.2) is 16.8 Å². The fraction of sp³-hybridized carbons (Fsp3) is 0.844. The van der Waals surface area contributed by atoms with Crippen molar-refractivity contribution in [3.8, 4) is 0 Å². The van der Waals surface area contributed by atoms with Crippen LogP contribution in [0, 0.1) is 34.5 Å². The van der Waals surface area contributed by atoms with Crippen LogP contribution in [0.3, 0.4) is 0 Å². The number of rotatable bonds is 6. The summed E-state index contributed by atoms with van der Waals surface area (Å²) in [5.41, 5.74) is 2.88. The smallest absolute Gasteiger partial charge is 0.435 e. The van der Waals surface area contributed by atoms with Gasteiger partial charge in [0.2, 0.25) is 0 Å². The number of amides is 1. The van der Waals surface area contributed by atoms with Gasteiger partial charge in [-0.15, -0.1) is 0 Å². The molecule has 0 aromatic carbocycles. The van der Waals surface area contributed by atoms with Gasteiger partial charge in [0.1, 0.15) is 6.04 Å². The Labute approximate surface area is 240 Å². The summed E-state index contributed by atoms with van der Waals surface area (Å²) in [6.07, 6.45) is 11.9. The van der Waals surface area contributed by atoms with Crippen molar-refractivity contribution in [2.45, 2.75) is 123 Å². The largest absolute Gasteiger partial charge is 0.462 e. The number of oxime groups is 1. The third kappa shape index (κ3) is 5.47. The van der Waals surface area contributed by atoms with Crippen molar-refractivity contribution in [2.24, 2.45) is 39.7 Å². The highest BCUT2D eigenvalue weighted by Gasteiger charge is 2.59. The Balaban J connectivity index is 1.16. The molecule has 40 heavy (non-hydrogen) atoms. The van der Waals surface area contributed by atoms with E-state index < -0.39 is 6.09 Å². The normalized spacial score (nSPS) is 41.0. The molecule has 4 aliphatic carbocycles. The van der Waals surface area contributed by atoms with Crippen LogP contribution in [-0.2, 0) is 14.4 Å². The number of aliphatic hydroxyl groups excluding tert-OH is 1. The number of hydrogen-bond donors (Lipinski definition) is 2. The highest BCUT2D eigenvalue weighted by atomic mass is 16.7. The number of aliphatic hydroxyl groups is 1. The maximum Gasteiger partial charge on any atom is 0.435 e. The summed E-state index contributed by atoms with van der Waals surface area (Å²) in [6.45, 7) is 11.1. The van der Waals surface area contributed by atoms with E-state index in [-0.39, 0.29) is 41.1 Å². The van der Waals surface area contributed by atoms with Gasteiger partial charge in [-0.05, 0) is 114 Å². The maximum atomic E-state index is 12.8. The van der Waals surface area contributed by atoms with Gasteiger partial charge in [-0.1, -0.05) is 30.7 Å². The number of nitrogens with zero attached hydrogens (tertiary/aromatic N) is 2. The van der Waals surface area contributed by atoms with Crippen molar-refractivity contribution in [1.29, 1.82) is 0 Å². The van der Waals surface area contributed by atoms with E-state index in [0.717, 1.165) is 43.7 Å². The van der Waals surface area contributed by atoms with Crippen LogP contribution in [0.2, 0.25) is 0 Å². The van der Waals surface area contributed by atoms with Gasteiger partial charge >= 0.3 is 12.1 Å². The van der Waals surface area contributed by atoms with E-state index in [1.807, 2.05) is 20.8 Å². The molecule has 2 N–H and O–H groups in total. The average Bonchev–Trinajstić information content (AvgIpc) is 3.51. The third-order valence-electron chi connectivity index (χ3n) is 11.5. The fourth-order valence-electron chi connectivity index (χ4n) is 9.51. The number of hydrogen-bond acceptors (Lipinski definition) is 7. The van der Waals surface area contributed by atoms with Crippen LogP contribution in [0.25, 0.3) is 0 Å². The number of carbonyl (C=O) groups is 2. The van der Waals surface area contributed by atoms with Crippen LogP contribution in [0.5, 0.6) is 0 Å². The maximum absolute atomic E-state index is 12.8. The predicted octanol–water partition coefficient (Wildman–Crippen LogP) is 5.44. The van der Waals surface area contributed by atoms with Crippen molar-refractivity contribution >= 4 is 17.8 Å². The van der Waals surface area contributed by atoms with E-state index in [9.17, 15) is 14.7 Å². The highest BCUT2D eigenvalue weighted by molar-refractivity contribution is 5.85. The molecule has 0 aromatic heterocycles.